The van der Waals surface area contributed by atoms with Crippen molar-refractivity contribution in [3.8, 4) is 22.8 Å². The summed E-state index contributed by atoms with van der Waals surface area (Å²) in [5, 5.41) is 0. The van der Waals surface area contributed by atoms with Crippen LogP contribution in [0.15, 0.2) is 24.4 Å². The smallest absolute Gasteiger partial charge is 0.196 e. The third kappa shape index (κ3) is 1.80. The van der Waals surface area contributed by atoms with E-state index in [1.54, 1.807) is 31.8 Å². The van der Waals surface area contributed by atoms with Crippen LogP contribution in [-0.4, -0.2) is 23.6 Å². The summed E-state index contributed by atoms with van der Waals surface area (Å²) in [6, 6.07) is 5.84. The van der Waals surface area contributed by atoms with E-state index in [2.05, 4.69) is 11.9 Å². The predicted octanol–water partition coefficient (Wildman–Crippen LogP) is 2.97. The van der Waals surface area contributed by atoms with Gasteiger partial charge in [0.1, 0.15) is 5.82 Å². The predicted molar refractivity (Wildman–Crippen MR) is 80.8 cm³/mol. The molecule has 2 aromatic heterocycles. The number of fused-ring (bicyclic) bond motifs is 1. The highest BCUT2D eigenvalue weighted by molar-refractivity contribution is 7.17. The van der Waals surface area contributed by atoms with Crippen LogP contribution in [0.25, 0.3) is 16.2 Å². The normalized spacial score (nSPS) is 10.9. The molecule has 0 amide bonds. The van der Waals surface area contributed by atoms with Gasteiger partial charge in [-0.15, -0.1) is 11.3 Å². The van der Waals surface area contributed by atoms with E-state index in [4.69, 9.17) is 15.2 Å². The maximum Gasteiger partial charge on any atom is 0.196 e. The van der Waals surface area contributed by atoms with Crippen molar-refractivity contribution >= 4 is 22.1 Å². The van der Waals surface area contributed by atoms with Crippen LogP contribution in [-0.2, 0) is 0 Å². The minimum atomic E-state index is 0.633. The quantitative estimate of drug-likeness (QED) is 0.805. The van der Waals surface area contributed by atoms with E-state index in [-0.39, 0.29) is 0 Å². The molecule has 3 aromatic rings. The van der Waals surface area contributed by atoms with Crippen LogP contribution in [0.2, 0.25) is 0 Å². The molecule has 0 fully saturated rings. The lowest BCUT2D eigenvalue weighted by Crippen LogP contribution is -1.96. The number of aromatic nitrogens is 2. The zero-order valence-corrected chi connectivity index (χ0v) is 12.3. The second-order valence-electron chi connectivity index (χ2n) is 4.38. The van der Waals surface area contributed by atoms with Crippen molar-refractivity contribution in [1.29, 1.82) is 0 Å². The number of aryl methyl sites for hydroxylation is 1. The number of rotatable bonds is 3. The molecule has 0 unspecified atom stereocenters. The first-order valence-electron chi connectivity index (χ1n) is 6.10. The first-order valence-corrected chi connectivity index (χ1v) is 6.92. The Morgan fingerprint density at radius 2 is 1.95 bits per heavy atom. The number of thiazole rings is 1. The third-order valence-corrected chi connectivity index (χ3v) is 4.19. The molecule has 0 spiro atoms. The molecule has 20 heavy (non-hydrogen) atoms. The van der Waals surface area contributed by atoms with Gasteiger partial charge in [-0.1, -0.05) is 0 Å². The van der Waals surface area contributed by atoms with Gasteiger partial charge >= 0.3 is 0 Å². The van der Waals surface area contributed by atoms with Crippen LogP contribution in [0.4, 0.5) is 5.82 Å². The van der Waals surface area contributed by atoms with Gasteiger partial charge in [0.25, 0.3) is 0 Å². The fraction of sp³-hybridized carbons (Fsp3) is 0.214. The number of benzene rings is 1. The summed E-state index contributed by atoms with van der Waals surface area (Å²) < 4.78 is 12.6. The fourth-order valence-corrected chi connectivity index (χ4v) is 3.28. The highest BCUT2D eigenvalue weighted by Crippen LogP contribution is 2.37. The highest BCUT2D eigenvalue weighted by Gasteiger charge is 2.16. The molecule has 0 atom stereocenters. The van der Waals surface area contributed by atoms with Gasteiger partial charge in [-0.2, -0.15) is 0 Å². The van der Waals surface area contributed by atoms with E-state index in [9.17, 15) is 0 Å². The summed E-state index contributed by atoms with van der Waals surface area (Å²) in [6.45, 7) is 2.06. The van der Waals surface area contributed by atoms with Crippen LogP contribution in [0.5, 0.6) is 11.5 Å². The second kappa shape index (κ2) is 4.72. The summed E-state index contributed by atoms with van der Waals surface area (Å²) in [6.07, 6.45) is 1.68. The minimum absolute atomic E-state index is 0.633. The summed E-state index contributed by atoms with van der Waals surface area (Å²) in [5.41, 5.74) is 8.07. The molecular weight excluding hydrogens is 274 g/mol. The molecular formula is C14H15N3O2S. The Kier molecular flexibility index (Phi) is 3.02. The van der Waals surface area contributed by atoms with Crippen LogP contribution in [0.1, 0.15) is 4.88 Å². The van der Waals surface area contributed by atoms with Crippen molar-refractivity contribution in [2.45, 2.75) is 6.92 Å². The Bertz CT molecular complexity index is 776. The maximum absolute atomic E-state index is 6.01. The van der Waals surface area contributed by atoms with Crippen LogP contribution >= 0.6 is 11.3 Å². The first-order chi connectivity index (χ1) is 9.65. The van der Waals surface area contributed by atoms with Gasteiger partial charge in [0, 0.05) is 10.4 Å². The van der Waals surface area contributed by atoms with Crippen LogP contribution in [0.3, 0.4) is 0 Å². The molecule has 0 radical (unpaired) electrons. The molecule has 5 nitrogen and oxygen atoms in total. The Labute approximate surface area is 120 Å². The summed E-state index contributed by atoms with van der Waals surface area (Å²) in [4.78, 5) is 6.35. The van der Waals surface area contributed by atoms with Crippen molar-refractivity contribution in [3.05, 3.63) is 29.3 Å². The number of imidazole rings is 1. The van der Waals surface area contributed by atoms with Crippen molar-refractivity contribution in [1.82, 2.24) is 9.38 Å². The van der Waals surface area contributed by atoms with Gasteiger partial charge in [0.2, 0.25) is 0 Å². The van der Waals surface area contributed by atoms with Crippen molar-refractivity contribution in [3.63, 3.8) is 0 Å². The van der Waals surface area contributed by atoms with Gasteiger partial charge in [-0.25, -0.2) is 4.98 Å². The van der Waals surface area contributed by atoms with E-state index in [0.717, 1.165) is 21.1 Å². The van der Waals surface area contributed by atoms with Crippen LogP contribution in [0, 0.1) is 6.92 Å². The number of nitrogens with two attached hydrogens (primary N) is 1. The molecule has 3 rings (SSSR count). The summed E-state index contributed by atoms with van der Waals surface area (Å²) >= 11 is 1.62. The zero-order valence-electron chi connectivity index (χ0n) is 11.5. The lowest BCUT2D eigenvalue weighted by Gasteiger charge is -2.10. The molecule has 6 heteroatoms. The molecule has 0 saturated heterocycles. The molecule has 0 saturated carbocycles. The minimum Gasteiger partial charge on any atom is -0.493 e. The Morgan fingerprint density at radius 3 is 2.65 bits per heavy atom. The van der Waals surface area contributed by atoms with Gasteiger partial charge in [-0.3, -0.25) is 4.40 Å². The fourth-order valence-electron chi connectivity index (χ4n) is 2.30. The molecule has 2 N–H and O–H groups in total. The van der Waals surface area contributed by atoms with E-state index >= 15 is 0 Å². The second-order valence-corrected chi connectivity index (χ2v) is 5.56. The Morgan fingerprint density at radius 1 is 1.20 bits per heavy atom. The van der Waals surface area contributed by atoms with Gasteiger partial charge in [0.05, 0.1) is 26.1 Å². The molecule has 0 aliphatic rings. The van der Waals surface area contributed by atoms with E-state index < -0.39 is 0 Å². The molecule has 0 bridgehead atoms. The SMILES string of the molecule is COc1ccc(-c2c(C)sc3ncc(N)n23)cc1OC. The van der Waals surface area contributed by atoms with Gasteiger partial charge in [0.15, 0.2) is 16.5 Å². The largest absolute Gasteiger partial charge is 0.493 e. The van der Waals surface area contributed by atoms with Gasteiger partial charge < -0.3 is 15.2 Å². The van der Waals surface area contributed by atoms with Crippen LogP contribution < -0.4 is 15.2 Å². The van der Waals surface area contributed by atoms with Crippen molar-refractivity contribution in [2.75, 3.05) is 20.0 Å². The monoisotopic (exact) mass is 289 g/mol. The topological polar surface area (TPSA) is 61.8 Å². The van der Waals surface area contributed by atoms with Crippen molar-refractivity contribution < 1.29 is 9.47 Å². The van der Waals surface area contributed by atoms with Gasteiger partial charge in [-0.05, 0) is 25.1 Å². The standard InChI is InChI=1S/C14H15N3O2S/c1-8-13(17-12(15)7-16-14(17)20-8)9-4-5-10(18-2)11(6-9)19-3/h4-7H,15H2,1-3H3. The molecule has 2 heterocycles. The number of nitrogens with zero attached hydrogens (tertiary/aromatic N) is 2. The molecule has 1 aromatic carbocycles. The molecule has 0 aliphatic carbocycles. The van der Waals surface area contributed by atoms with E-state index in [1.165, 1.54) is 0 Å². The van der Waals surface area contributed by atoms with Crippen molar-refractivity contribution in [2.24, 2.45) is 0 Å². The number of methoxy groups -OCH3 is 2. The third-order valence-electron chi connectivity index (χ3n) is 3.22. The summed E-state index contributed by atoms with van der Waals surface area (Å²) in [5.74, 6) is 2.04. The molecule has 0 aliphatic heterocycles. The lowest BCUT2D eigenvalue weighted by atomic mass is 10.1. The van der Waals surface area contributed by atoms with E-state index in [1.807, 2.05) is 22.6 Å². The molecule has 104 valence electrons. The van der Waals surface area contributed by atoms with E-state index in [0.29, 0.717) is 17.3 Å². The first kappa shape index (κ1) is 12.8. The number of hydrogen-bond donors (Lipinski definition) is 1. The highest BCUT2D eigenvalue weighted by atomic mass is 32.1. The Balaban J connectivity index is 2.25. The maximum atomic E-state index is 6.01. The average Bonchev–Trinajstić information content (AvgIpc) is 2.97. The summed E-state index contributed by atoms with van der Waals surface area (Å²) in [7, 11) is 3.25. The Hall–Kier alpha value is -2.21. The number of ether oxygens (including phenoxy) is 2. The number of nitrogen functional groups attached to an aromatic ring is 1. The lowest BCUT2D eigenvalue weighted by molar-refractivity contribution is 0.355. The number of hydrogen-bond acceptors (Lipinski definition) is 5. The number of anilines is 1. The zero-order chi connectivity index (χ0) is 14.3. The average molecular weight is 289 g/mol.